The van der Waals surface area contributed by atoms with E-state index in [4.69, 9.17) is 11.0 Å². The molecule has 0 radical (unpaired) electrons. The van der Waals surface area contributed by atoms with Crippen LogP contribution in [0.3, 0.4) is 0 Å². The maximum atomic E-state index is 8.79. The third-order valence-corrected chi connectivity index (χ3v) is 3.57. The minimum Gasteiger partial charge on any atom is -0.398 e. The van der Waals surface area contributed by atoms with Crippen LogP contribution >= 0.6 is 0 Å². The fourth-order valence-corrected chi connectivity index (χ4v) is 2.55. The summed E-state index contributed by atoms with van der Waals surface area (Å²) in [6.07, 6.45) is 3.99. The predicted molar refractivity (Wildman–Crippen MR) is 70.6 cm³/mol. The van der Waals surface area contributed by atoms with Crippen LogP contribution in [0.4, 0.5) is 11.4 Å². The van der Waals surface area contributed by atoms with Gasteiger partial charge in [0, 0.05) is 12.2 Å². The van der Waals surface area contributed by atoms with Crippen LogP contribution in [0.1, 0.15) is 31.7 Å². The molecule has 2 rings (SSSR count). The number of nitrogen functional groups attached to an aromatic ring is 1. The van der Waals surface area contributed by atoms with Gasteiger partial charge in [0.2, 0.25) is 0 Å². The van der Waals surface area contributed by atoms with Crippen LogP contribution < -0.4 is 11.1 Å². The van der Waals surface area contributed by atoms with Gasteiger partial charge in [-0.3, -0.25) is 0 Å². The third kappa shape index (κ3) is 2.91. The predicted octanol–water partition coefficient (Wildman–Crippen LogP) is 2.99. The quantitative estimate of drug-likeness (QED) is 0.783. The standard InChI is InChI=1S/C14H19N3/c1-10-2-3-11(6-10)9-17-13-5-4-12(8-15)14(16)7-13/h4-5,7,10-11,17H,2-3,6,9,16H2,1H3. The van der Waals surface area contributed by atoms with E-state index < -0.39 is 0 Å². The van der Waals surface area contributed by atoms with Crippen molar-refractivity contribution < 1.29 is 0 Å². The van der Waals surface area contributed by atoms with Crippen LogP contribution in [0.5, 0.6) is 0 Å². The first-order chi connectivity index (χ1) is 8.19. The molecule has 0 spiro atoms. The SMILES string of the molecule is CC1CCC(CNc2ccc(C#N)c(N)c2)C1. The Balaban J connectivity index is 1.91. The van der Waals surface area contributed by atoms with Gasteiger partial charge in [0.05, 0.1) is 11.3 Å². The highest BCUT2D eigenvalue weighted by atomic mass is 14.9. The Morgan fingerprint density at radius 2 is 2.29 bits per heavy atom. The highest BCUT2D eigenvalue weighted by Gasteiger charge is 2.20. The smallest absolute Gasteiger partial charge is 0.101 e. The molecule has 0 saturated heterocycles. The average molecular weight is 229 g/mol. The molecule has 0 aromatic heterocycles. The van der Waals surface area contributed by atoms with Gasteiger partial charge >= 0.3 is 0 Å². The summed E-state index contributed by atoms with van der Waals surface area (Å²) in [7, 11) is 0. The number of anilines is 2. The molecule has 0 amide bonds. The van der Waals surface area contributed by atoms with Gasteiger partial charge in [-0.25, -0.2) is 0 Å². The molecule has 1 aromatic rings. The van der Waals surface area contributed by atoms with Gasteiger partial charge in [-0.15, -0.1) is 0 Å². The Kier molecular flexibility index (Phi) is 3.53. The lowest BCUT2D eigenvalue weighted by Crippen LogP contribution is -2.11. The van der Waals surface area contributed by atoms with Gasteiger partial charge in [0.15, 0.2) is 0 Å². The van der Waals surface area contributed by atoms with E-state index in [2.05, 4.69) is 18.3 Å². The average Bonchev–Trinajstić information content (AvgIpc) is 2.73. The second-order valence-electron chi connectivity index (χ2n) is 5.08. The Hall–Kier alpha value is -1.69. The maximum absolute atomic E-state index is 8.79. The molecule has 1 aliphatic carbocycles. The third-order valence-electron chi connectivity index (χ3n) is 3.57. The zero-order chi connectivity index (χ0) is 12.3. The molecule has 1 fully saturated rings. The molecule has 1 saturated carbocycles. The summed E-state index contributed by atoms with van der Waals surface area (Å²) in [5.41, 5.74) is 7.89. The van der Waals surface area contributed by atoms with Crippen molar-refractivity contribution >= 4 is 11.4 Å². The summed E-state index contributed by atoms with van der Waals surface area (Å²) < 4.78 is 0. The zero-order valence-electron chi connectivity index (χ0n) is 10.2. The lowest BCUT2D eigenvalue weighted by atomic mass is 10.1. The van der Waals surface area contributed by atoms with Crippen molar-refractivity contribution in [1.29, 1.82) is 5.26 Å². The number of hydrogen-bond acceptors (Lipinski definition) is 3. The molecule has 2 atom stereocenters. The Labute approximate surface area is 103 Å². The van der Waals surface area contributed by atoms with Crippen molar-refractivity contribution in [3.8, 4) is 6.07 Å². The number of nitriles is 1. The fraction of sp³-hybridized carbons (Fsp3) is 0.500. The van der Waals surface area contributed by atoms with Crippen LogP contribution in [0.25, 0.3) is 0 Å². The van der Waals surface area contributed by atoms with Gasteiger partial charge in [0.25, 0.3) is 0 Å². The Morgan fingerprint density at radius 3 is 2.88 bits per heavy atom. The van der Waals surface area contributed by atoms with Gasteiger partial charge in [-0.2, -0.15) is 5.26 Å². The first kappa shape index (κ1) is 11.8. The molecule has 90 valence electrons. The number of benzene rings is 1. The molecule has 3 N–H and O–H groups in total. The van der Waals surface area contributed by atoms with Gasteiger partial charge < -0.3 is 11.1 Å². The minimum absolute atomic E-state index is 0.546. The Bertz CT molecular complexity index is 434. The summed E-state index contributed by atoms with van der Waals surface area (Å²) in [6, 6.07) is 7.61. The molecule has 0 aliphatic heterocycles. The molecule has 1 aliphatic rings. The fourth-order valence-electron chi connectivity index (χ4n) is 2.55. The van der Waals surface area contributed by atoms with Crippen molar-refractivity contribution in [2.24, 2.45) is 11.8 Å². The first-order valence-corrected chi connectivity index (χ1v) is 6.22. The van der Waals surface area contributed by atoms with Crippen LogP contribution in [-0.4, -0.2) is 6.54 Å². The highest BCUT2D eigenvalue weighted by Crippen LogP contribution is 2.30. The summed E-state index contributed by atoms with van der Waals surface area (Å²) in [6.45, 7) is 3.33. The van der Waals surface area contributed by atoms with Crippen molar-refractivity contribution in [2.45, 2.75) is 26.2 Å². The van der Waals surface area contributed by atoms with Crippen LogP contribution in [0, 0.1) is 23.2 Å². The van der Waals surface area contributed by atoms with E-state index in [1.807, 2.05) is 12.1 Å². The van der Waals surface area contributed by atoms with Crippen molar-refractivity contribution in [3.05, 3.63) is 23.8 Å². The second-order valence-corrected chi connectivity index (χ2v) is 5.08. The van der Waals surface area contributed by atoms with Crippen molar-refractivity contribution in [1.82, 2.24) is 0 Å². The number of nitrogens with two attached hydrogens (primary N) is 1. The molecule has 1 aromatic carbocycles. The van der Waals surface area contributed by atoms with Crippen LogP contribution in [0.2, 0.25) is 0 Å². The lowest BCUT2D eigenvalue weighted by molar-refractivity contribution is 0.537. The zero-order valence-corrected chi connectivity index (χ0v) is 10.2. The van der Waals surface area contributed by atoms with Gasteiger partial charge in [-0.1, -0.05) is 13.3 Å². The van der Waals surface area contributed by atoms with Crippen LogP contribution in [-0.2, 0) is 0 Å². The summed E-state index contributed by atoms with van der Waals surface area (Å²) >= 11 is 0. The molecular formula is C14H19N3. The topological polar surface area (TPSA) is 61.8 Å². The van der Waals surface area contributed by atoms with Crippen LogP contribution in [0.15, 0.2) is 18.2 Å². The summed E-state index contributed by atoms with van der Waals surface area (Å²) in [5.74, 6) is 1.65. The lowest BCUT2D eigenvalue weighted by Gasteiger charge is -2.12. The molecular weight excluding hydrogens is 210 g/mol. The maximum Gasteiger partial charge on any atom is 0.101 e. The first-order valence-electron chi connectivity index (χ1n) is 6.22. The van der Waals surface area contributed by atoms with Gasteiger partial charge in [-0.05, 0) is 42.9 Å². The molecule has 0 heterocycles. The normalized spacial score (nSPS) is 23.3. The summed E-state index contributed by atoms with van der Waals surface area (Å²) in [5, 5.41) is 12.2. The minimum atomic E-state index is 0.546. The van der Waals surface area contributed by atoms with Crippen molar-refractivity contribution in [2.75, 3.05) is 17.6 Å². The number of rotatable bonds is 3. The molecule has 3 nitrogen and oxygen atoms in total. The van der Waals surface area contributed by atoms with E-state index in [0.717, 1.165) is 24.1 Å². The second kappa shape index (κ2) is 5.09. The number of nitrogens with one attached hydrogen (secondary N) is 1. The van der Waals surface area contributed by atoms with E-state index in [-0.39, 0.29) is 0 Å². The molecule has 2 unspecified atom stereocenters. The monoisotopic (exact) mass is 229 g/mol. The molecule has 17 heavy (non-hydrogen) atoms. The van der Waals surface area contributed by atoms with E-state index in [0.29, 0.717) is 11.3 Å². The van der Waals surface area contributed by atoms with Gasteiger partial charge in [0.1, 0.15) is 6.07 Å². The van der Waals surface area contributed by atoms with Crippen molar-refractivity contribution in [3.63, 3.8) is 0 Å². The molecule has 3 heteroatoms. The largest absolute Gasteiger partial charge is 0.398 e. The van der Waals surface area contributed by atoms with E-state index in [1.54, 1.807) is 6.07 Å². The number of nitrogens with zero attached hydrogens (tertiary/aromatic N) is 1. The Morgan fingerprint density at radius 1 is 1.47 bits per heavy atom. The van der Waals surface area contributed by atoms with E-state index in [9.17, 15) is 0 Å². The van der Waals surface area contributed by atoms with E-state index >= 15 is 0 Å². The summed E-state index contributed by atoms with van der Waals surface area (Å²) in [4.78, 5) is 0. The van der Waals surface area contributed by atoms with E-state index in [1.165, 1.54) is 19.3 Å². The highest BCUT2D eigenvalue weighted by molar-refractivity contribution is 5.62. The molecule has 0 bridgehead atoms. The number of hydrogen-bond donors (Lipinski definition) is 2.